The molecule has 0 radical (unpaired) electrons. The molecule has 0 atom stereocenters. The van der Waals surface area contributed by atoms with E-state index in [1.54, 1.807) is 42.7 Å². The Morgan fingerprint density at radius 1 is 1.22 bits per heavy atom. The standard InChI is InChI=1S/C17H14N2O4/c20-16(19-10-12-2-1-7-18-9-12)11-22-14-5-3-13-4-6-17(21)23-15(13)8-14/h1-9H,10-11H2,(H,19,20). The van der Waals surface area contributed by atoms with E-state index in [0.29, 0.717) is 17.9 Å². The van der Waals surface area contributed by atoms with E-state index in [2.05, 4.69) is 10.3 Å². The minimum atomic E-state index is -0.427. The van der Waals surface area contributed by atoms with Gasteiger partial charge in [-0.25, -0.2) is 4.79 Å². The maximum Gasteiger partial charge on any atom is 0.336 e. The van der Waals surface area contributed by atoms with Gasteiger partial charge in [0.05, 0.1) is 0 Å². The molecule has 1 aromatic carbocycles. The van der Waals surface area contributed by atoms with Crippen molar-refractivity contribution in [2.24, 2.45) is 0 Å². The van der Waals surface area contributed by atoms with Gasteiger partial charge in [0.2, 0.25) is 0 Å². The second-order valence-corrected chi connectivity index (χ2v) is 4.88. The van der Waals surface area contributed by atoms with Gasteiger partial charge in [0.15, 0.2) is 6.61 Å². The Kier molecular flexibility index (Phi) is 4.33. The largest absolute Gasteiger partial charge is 0.484 e. The van der Waals surface area contributed by atoms with Gasteiger partial charge in [-0.1, -0.05) is 6.07 Å². The summed E-state index contributed by atoms with van der Waals surface area (Å²) in [6, 6.07) is 11.8. The molecule has 0 aliphatic carbocycles. The lowest BCUT2D eigenvalue weighted by molar-refractivity contribution is -0.123. The van der Waals surface area contributed by atoms with E-state index in [1.165, 1.54) is 6.07 Å². The first-order valence-corrected chi connectivity index (χ1v) is 7.03. The van der Waals surface area contributed by atoms with E-state index in [1.807, 2.05) is 6.07 Å². The van der Waals surface area contributed by atoms with Crippen molar-refractivity contribution in [3.05, 3.63) is 70.8 Å². The summed E-state index contributed by atoms with van der Waals surface area (Å²) in [5.74, 6) is 0.215. The highest BCUT2D eigenvalue weighted by atomic mass is 16.5. The third-order valence-corrected chi connectivity index (χ3v) is 3.18. The number of carbonyl (C=O) groups excluding carboxylic acids is 1. The molecule has 3 aromatic rings. The van der Waals surface area contributed by atoms with Crippen LogP contribution in [-0.4, -0.2) is 17.5 Å². The van der Waals surface area contributed by atoms with Gasteiger partial charge in [-0.05, 0) is 29.8 Å². The summed E-state index contributed by atoms with van der Waals surface area (Å²) < 4.78 is 10.5. The zero-order valence-electron chi connectivity index (χ0n) is 12.2. The molecule has 1 N–H and O–H groups in total. The summed E-state index contributed by atoms with van der Waals surface area (Å²) >= 11 is 0. The van der Waals surface area contributed by atoms with Crippen LogP contribution in [0.2, 0.25) is 0 Å². The number of pyridine rings is 1. The Morgan fingerprint density at radius 2 is 2.09 bits per heavy atom. The second-order valence-electron chi connectivity index (χ2n) is 4.88. The maximum atomic E-state index is 11.8. The molecule has 6 heteroatoms. The van der Waals surface area contributed by atoms with Crippen LogP contribution < -0.4 is 15.7 Å². The van der Waals surface area contributed by atoms with Crippen LogP contribution in [-0.2, 0) is 11.3 Å². The molecule has 0 bridgehead atoms. The van der Waals surface area contributed by atoms with Crippen molar-refractivity contribution in [1.29, 1.82) is 0 Å². The fourth-order valence-electron chi connectivity index (χ4n) is 2.03. The van der Waals surface area contributed by atoms with E-state index >= 15 is 0 Å². The fourth-order valence-corrected chi connectivity index (χ4v) is 2.03. The lowest BCUT2D eigenvalue weighted by atomic mass is 10.2. The van der Waals surface area contributed by atoms with E-state index in [9.17, 15) is 9.59 Å². The molecular formula is C17H14N2O4. The number of aromatic nitrogens is 1. The Labute approximate surface area is 131 Å². The van der Waals surface area contributed by atoms with Gasteiger partial charge in [0.25, 0.3) is 5.91 Å². The summed E-state index contributed by atoms with van der Waals surface area (Å²) in [7, 11) is 0. The van der Waals surface area contributed by atoms with Crippen LogP contribution in [0.3, 0.4) is 0 Å². The molecule has 0 spiro atoms. The van der Waals surface area contributed by atoms with Crippen LogP contribution in [0.1, 0.15) is 5.56 Å². The number of hydrogen-bond donors (Lipinski definition) is 1. The molecule has 0 saturated carbocycles. The van der Waals surface area contributed by atoms with E-state index in [-0.39, 0.29) is 12.5 Å². The lowest BCUT2D eigenvalue weighted by Crippen LogP contribution is -2.28. The number of carbonyl (C=O) groups is 1. The van der Waals surface area contributed by atoms with Crippen LogP contribution in [0.15, 0.2) is 64.1 Å². The summed E-state index contributed by atoms with van der Waals surface area (Å²) in [6.07, 6.45) is 3.36. The van der Waals surface area contributed by atoms with Crippen molar-refractivity contribution in [3.63, 3.8) is 0 Å². The molecule has 0 fully saturated rings. The predicted octanol–water partition coefficient (Wildman–Crippen LogP) is 1.88. The molecule has 1 amide bonds. The minimum Gasteiger partial charge on any atom is -0.484 e. The monoisotopic (exact) mass is 310 g/mol. The van der Waals surface area contributed by atoms with Crippen molar-refractivity contribution >= 4 is 16.9 Å². The van der Waals surface area contributed by atoms with E-state index in [0.717, 1.165) is 10.9 Å². The highest BCUT2D eigenvalue weighted by molar-refractivity contribution is 5.79. The molecule has 6 nitrogen and oxygen atoms in total. The first-order chi connectivity index (χ1) is 11.2. The fraction of sp³-hybridized carbons (Fsp3) is 0.118. The normalized spacial score (nSPS) is 10.4. The number of ether oxygens (including phenoxy) is 1. The molecule has 116 valence electrons. The molecule has 0 aliphatic rings. The number of fused-ring (bicyclic) bond motifs is 1. The second kappa shape index (κ2) is 6.74. The topological polar surface area (TPSA) is 81.4 Å². The lowest BCUT2D eigenvalue weighted by Gasteiger charge is -2.08. The van der Waals surface area contributed by atoms with Crippen molar-refractivity contribution in [3.8, 4) is 5.75 Å². The number of amides is 1. The van der Waals surface area contributed by atoms with Gasteiger partial charge < -0.3 is 14.5 Å². The Hall–Kier alpha value is -3.15. The third-order valence-electron chi connectivity index (χ3n) is 3.18. The molecule has 0 saturated heterocycles. The Bertz CT molecular complexity index is 874. The van der Waals surface area contributed by atoms with Crippen molar-refractivity contribution in [2.75, 3.05) is 6.61 Å². The molecule has 0 aliphatic heterocycles. The molecule has 0 unspecified atom stereocenters. The summed E-state index contributed by atoms with van der Waals surface area (Å²) in [5, 5.41) is 3.53. The van der Waals surface area contributed by atoms with Crippen molar-refractivity contribution in [1.82, 2.24) is 10.3 Å². The SMILES string of the molecule is O=C(COc1ccc2ccc(=O)oc2c1)NCc1cccnc1. The first kappa shape index (κ1) is 14.8. The van der Waals surface area contributed by atoms with Gasteiger partial charge in [-0.3, -0.25) is 9.78 Å². The summed E-state index contributed by atoms with van der Waals surface area (Å²) in [4.78, 5) is 27.0. The number of nitrogens with zero attached hydrogens (tertiary/aromatic N) is 1. The summed E-state index contributed by atoms with van der Waals surface area (Å²) in [5.41, 5.74) is 0.906. The molecule has 3 rings (SSSR count). The van der Waals surface area contributed by atoms with E-state index < -0.39 is 5.63 Å². The number of benzene rings is 1. The highest BCUT2D eigenvalue weighted by Crippen LogP contribution is 2.19. The van der Waals surface area contributed by atoms with Gasteiger partial charge in [0, 0.05) is 36.5 Å². The van der Waals surface area contributed by atoms with Crippen LogP contribution in [0.5, 0.6) is 5.75 Å². The number of rotatable bonds is 5. The van der Waals surface area contributed by atoms with Crippen LogP contribution in [0.25, 0.3) is 11.0 Å². The van der Waals surface area contributed by atoms with E-state index in [4.69, 9.17) is 9.15 Å². The van der Waals surface area contributed by atoms with Gasteiger partial charge >= 0.3 is 5.63 Å². The van der Waals surface area contributed by atoms with Gasteiger partial charge in [-0.2, -0.15) is 0 Å². The zero-order chi connectivity index (χ0) is 16.1. The Balaban J connectivity index is 1.57. The average Bonchev–Trinajstić information content (AvgIpc) is 2.58. The van der Waals surface area contributed by atoms with Crippen molar-refractivity contribution < 1.29 is 13.9 Å². The molecule has 23 heavy (non-hydrogen) atoms. The predicted molar refractivity (Wildman–Crippen MR) is 84.1 cm³/mol. The minimum absolute atomic E-state index is 0.122. The van der Waals surface area contributed by atoms with Crippen LogP contribution >= 0.6 is 0 Å². The quantitative estimate of drug-likeness (QED) is 0.728. The molecule has 2 heterocycles. The smallest absolute Gasteiger partial charge is 0.336 e. The molecular weight excluding hydrogens is 296 g/mol. The summed E-state index contributed by atoms with van der Waals surface area (Å²) in [6.45, 7) is 0.269. The average molecular weight is 310 g/mol. The van der Waals surface area contributed by atoms with Crippen LogP contribution in [0, 0.1) is 0 Å². The highest BCUT2D eigenvalue weighted by Gasteiger charge is 2.05. The number of nitrogens with one attached hydrogen (secondary N) is 1. The zero-order valence-corrected chi connectivity index (χ0v) is 12.2. The molecule has 2 aromatic heterocycles. The maximum absolute atomic E-state index is 11.8. The first-order valence-electron chi connectivity index (χ1n) is 7.03. The van der Waals surface area contributed by atoms with Crippen molar-refractivity contribution in [2.45, 2.75) is 6.54 Å². The number of hydrogen-bond acceptors (Lipinski definition) is 5. The van der Waals surface area contributed by atoms with Gasteiger partial charge in [0.1, 0.15) is 11.3 Å². The van der Waals surface area contributed by atoms with Gasteiger partial charge in [-0.15, -0.1) is 0 Å². The van der Waals surface area contributed by atoms with Crippen LogP contribution in [0.4, 0.5) is 0 Å². The Morgan fingerprint density at radius 3 is 2.91 bits per heavy atom. The third kappa shape index (κ3) is 3.94.